The Morgan fingerprint density at radius 1 is 0.964 bits per heavy atom. The summed E-state index contributed by atoms with van der Waals surface area (Å²) < 4.78 is 0.576. The maximum absolute atomic E-state index is 13.4. The normalized spacial score (nSPS) is 15.8. The van der Waals surface area contributed by atoms with E-state index in [9.17, 15) is 15.0 Å². The van der Waals surface area contributed by atoms with Crippen LogP contribution in [-0.4, -0.2) is 16.1 Å². The van der Waals surface area contributed by atoms with Crippen molar-refractivity contribution in [2.75, 3.05) is 4.90 Å². The summed E-state index contributed by atoms with van der Waals surface area (Å²) in [6, 6.07) is 15.1. The third-order valence-electron chi connectivity index (χ3n) is 4.72. The van der Waals surface area contributed by atoms with Crippen LogP contribution in [0, 0.1) is 0 Å². The van der Waals surface area contributed by atoms with E-state index in [-0.39, 0.29) is 17.4 Å². The highest BCUT2D eigenvalue weighted by Crippen LogP contribution is 2.48. The van der Waals surface area contributed by atoms with Crippen molar-refractivity contribution in [2.24, 2.45) is 0 Å². The van der Waals surface area contributed by atoms with Crippen LogP contribution in [0.4, 0.5) is 11.4 Å². The van der Waals surface area contributed by atoms with Crippen LogP contribution in [0.5, 0.6) is 11.5 Å². The minimum Gasteiger partial charge on any atom is -0.508 e. The smallest absolute Gasteiger partial charge is 0.239 e. The van der Waals surface area contributed by atoms with E-state index in [1.165, 1.54) is 4.90 Å². The number of halogens is 3. The Bertz CT molecular complexity index is 1080. The SMILES string of the molecule is O=C1C(Cc2ccc(Br)c(O)c2)c2c(O)cccc2N1c1cc(Cl)cc(Cl)c1. The van der Waals surface area contributed by atoms with Gasteiger partial charge in [-0.2, -0.15) is 0 Å². The first-order chi connectivity index (χ1) is 13.3. The molecule has 0 bridgehead atoms. The first-order valence-corrected chi connectivity index (χ1v) is 9.99. The van der Waals surface area contributed by atoms with Crippen LogP contribution in [-0.2, 0) is 11.2 Å². The predicted molar refractivity (Wildman–Crippen MR) is 114 cm³/mol. The van der Waals surface area contributed by atoms with Gasteiger partial charge in [0.1, 0.15) is 11.5 Å². The number of phenols is 2. The molecule has 1 aliphatic heterocycles. The molecule has 4 rings (SSSR count). The summed E-state index contributed by atoms with van der Waals surface area (Å²) in [5, 5.41) is 21.3. The summed E-state index contributed by atoms with van der Waals surface area (Å²) in [6.45, 7) is 0. The third kappa shape index (κ3) is 3.34. The number of amides is 1. The van der Waals surface area contributed by atoms with Gasteiger partial charge in [-0.15, -0.1) is 0 Å². The highest BCUT2D eigenvalue weighted by Gasteiger charge is 2.40. The van der Waals surface area contributed by atoms with Gasteiger partial charge in [0.25, 0.3) is 0 Å². The Balaban J connectivity index is 1.81. The van der Waals surface area contributed by atoms with Crippen LogP contribution in [0.3, 0.4) is 0 Å². The van der Waals surface area contributed by atoms with E-state index in [4.69, 9.17) is 23.2 Å². The fraction of sp³-hybridized carbons (Fsp3) is 0.0952. The fourth-order valence-electron chi connectivity index (χ4n) is 3.54. The van der Waals surface area contributed by atoms with Crippen molar-refractivity contribution < 1.29 is 15.0 Å². The molecule has 0 radical (unpaired) electrons. The van der Waals surface area contributed by atoms with Crippen molar-refractivity contribution in [1.82, 2.24) is 0 Å². The maximum Gasteiger partial charge on any atom is 0.239 e. The van der Waals surface area contributed by atoms with Gasteiger partial charge in [-0.25, -0.2) is 0 Å². The lowest BCUT2D eigenvalue weighted by atomic mass is 9.92. The minimum absolute atomic E-state index is 0.0489. The molecule has 142 valence electrons. The molecule has 0 spiro atoms. The zero-order valence-electron chi connectivity index (χ0n) is 14.4. The van der Waals surface area contributed by atoms with Crippen molar-refractivity contribution in [3.05, 3.63) is 80.2 Å². The van der Waals surface area contributed by atoms with Crippen LogP contribution in [0.15, 0.2) is 59.1 Å². The molecule has 0 fully saturated rings. The summed E-state index contributed by atoms with van der Waals surface area (Å²) in [7, 11) is 0. The Morgan fingerprint density at radius 2 is 1.68 bits per heavy atom. The number of benzene rings is 3. The van der Waals surface area contributed by atoms with Crippen LogP contribution in [0.25, 0.3) is 0 Å². The van der Waals surface area contributed by atoms with Crippen LogP contribution >= 0.6 is 39.1 Å². The Labute approximate surface area is 180 Å². The number of rotatable bonds is 3. The average Bonchev–Trinajstić information content (AvgIpc) is 2.90. The van der Waals surface area contributed by atoms with Gasteiger partial charge in [0.15, 0.2) is 0 Å². The Hall–Kier alpha value is -2.21. The molecular weight excluding hydrogens is 465 g/mol. The summed E-state index contributed by atoms with van der Waals surface area (Å²) in [6.07, 6.45) is 0.328. The highest BCUT2D eigenvalue weighted by atomic mass is 79.9. The zero-order valence-corrected chi connectivity index (χ0v) is 17.5. The van der Waals surface area contributed by atoms with Gasteiger partial charge < -0.3 is 10.2 Å². The quantitative estimate of drug-likeness (QED) is 0.473. The molecule has 3 aromatic rings. The van der Waals surface area contributed by atoms with E-state index < -0.39 is 5.92 Å². The van der Waals surface area contributed by atoms with E-state index in [0.717, 1.165) is 5.56 Å². The number of hydrogen-bond donors (Lipinski definition) is 2. The molecular formula is C21H14BrCl2NO3. The summed E-state index contributed by atoms with van der Waals surface area (Å²) in [4.78, 5) is 14.9. The molecule has 1 amide bonds. The lowest BCUT2D eigenvalue weighted by Gasteiger charge is -2.19. The molecule has 0 saturated heterocycles. The molecule has 1 unspecified atom stereocenters. The number of phenolic OH excluding ortho intramolecular Hbond substituents is 2. The second-order valence-corrected chi connectivity index (χ2v) is 8.28. The van der Waals surface area contributed by atoms with Crippen molar-refractivity contribution >= 4 is 56.4 Å². The van der Waals surface area contributed by atoms with Crippen molar-refractivity contribution in [3.63, 3.8) is 0 Å². The van der Waals surface area contributed by atoms with Crippen molar-refractivity contribution in [2.45, 2.75) is 12.3 Å². The zero-order chi connectivity index (χ0) is 20.0. The average molecular weight is 479 g/mol. The summed E-state index contributed by atoms with van der Waals surface area (Å²) >= 11 is 15.5. The van der Waals surface area contributed by atoms with Gasteiger partial charge >= 0.3 is 0 Å². The molecule has 1 heterocycles. The van der Waals surface area contributed by atoms with Crippen molar-refractivity contribution in [3.8, 4) is 11.5 Å². The molecule has 3 aromatic carbocycles. The minimum atomic E-state index is -0.602. The molecule has 1 atom stereocenters. The van der Waals surface area contributed by atoms with Gasteiger partial charge in [0, 0.05) is 15.6 Å². The van der Waals surface area contributed by atoms with E-state index in [1.807, 2.05) is 6.07 Å². The number of aromatic hydroxyl groups is 2. The lowest BCUT2D eigenvalue weighted by Crippen LogP contribution is -2.24. The summed E-state index contributed by atoms with van der Waals surface area (Å²) in [5.41, 5.74) is 2.45. The monoisotopic (exact) mass is 477 g/mol. The van der Waals surface area contributed by atoms with Gasteiger partial charge in [-0.05, 0) is 70.4 Å². The highest BCUT2D eigenvalue weighted by molar-refractivity contribution is 9.10. The lowest BCUT2D eigenvalue weighted by molar-refractivity contribution is -0.118. The van der Waals surface area contributed by atoms with Crippen LogP contribution in [0.2, 0.25) is 10.0 Å². The van der Waals surface area contributed by atoms with Gasteiger partial charge in [-0.3, -0.25) is 9.69 Å². The van der Waals surface area contributed by atoms with E-state index >= 15 is 0 Å². The largest absolute Gasteiger partial charge is 0.508 e. The second-order valence-electron chi connectivity index (χ2n) is 6.55. The number of nitrogens with zero attached hydrogens (tertiary/aromatic N) is 1. The molecule has 1 aliphatic rings. The topological polar surface area (TPSA) is 60.8 Å². The standard InChI is InChI=1S/C21H14BrCl2NO3/c22-16-5-4-11(7-19(16)27)6-15-20-17(2-1-3-18(20)26)25(21(15)28)14-9-12(23)8-13(24)10-14/h1-5,7-10,15,26-27H,6H2. The van der Waals surface area contributed by atoms with E-state index in [0.29, 0.717) is 37.9 Å². The van der Waals surface area contributed by atoms with Gasteiger partial charge in [0.05, 0.1) is 21.8 Å². The number of carbonyl (C=O) groups is 1. The molecule has 0 aliphatic carbocycles. The van der Waals surface area contributed by atoms with Gasteiger partial charge in [0.2, 0.25) is 5.91 Å². The number of carbonyl (C=O) groups excluding carboxylic acids is 1. The Morgan fingerprint density at radius 3 is 2.36 bits per heavy atom. The van der Waals surface area contributed by atoms with Crippen LogP contribution < -0.4 is 4.90 Å². The summed E-state index contributed by atoms with van der Waals surface area (Å²) in [5.74, 6) is -0.654. The molecule has 0 aromatic heterocycles. The molecule has 28 heavy (non-hydrogen) atoms. The Kier molecular flexibility index (Phi) is 5.00. The van der Waals surface area contributed by atoms with Gasteiger partial charge in [-0.1, -0.05) is 35.3 Å². The first-order valence-electron chi connectivity index (χ1n) is 8.44. The number of fused-ring (bicyclic) bond motifs is 1. The molecule has 0 saturated carbocycles. The molecule has 7 heteroatoms. The first kappa shape index (κ1) is 19.1. The van der Waals surface area contributed by atoms with E-state index in [1.54, 1.807) is 48.5 Å². The third-order valence-corrected chi connectivity index (χ3v) is 5.83. The number of hydrogen-bond acceptors (Lipinski definition) is 3. The second kappa shape index (κ2) is 7.32. The van der Waals surface area contributed by atoms with Crippen LogP contribution in [0.1, 0.15) is 17.0 Å². The van der Waals surface area contributed by atoms with E-state index in [2.05, 4.69) is 15.9 Å². The fourth-order valence-corrected chi connectivity index (χ4v) is 4.30. The number of anilines is 2. The van der Waals surface area contributed by atoms with Crippen molar-refractivity contribution in [1.29, 1.82) is 0 Å². The maximum atomic E-state index is 13.4. The predicted octanol–water partition coefficient (Wildman–Crippen LogP) is 6.17. The molecule has 2 N–H and O–H groups in total. The molecule has 4 nitrogen and oxygen atoms in total.